The van der Waals surface area contributed by atoms with E-state index in [9.17, 15) is 18.5 Å². The van der Waals surface area contributed by atoms with Gasteiger partial charge in [-0.1, -0.05) is 42.5 Å². The molecule has 1 aromatic heterocycles. The molecular formula is C20H19N5O4S. The Kier molecular flexibility index (Phi) is 5.42. The minimum Gasteiger partial charge on any atom is -0.352 e. The van der Waals surface area contributed by atoms with Gasteiger partial charge < -0.3 is 4.90 Å². The van der Waals surface area contributed by atoms with Crippen molar-refractivity contribution < 1.29 is 13.3 Å². The van der Waals surface area contributed by atoms with Crippen LogP contribution in [0.4, 0.5) is 11.5 Å². The highest BCUT2D eigenvalue weighted by molar-refractivity contribution is 7.89. The van der Waals surface area contributed by atoms with Crippen LogP contribution in [0, 0.1) is 10.1 Å². The van der Waals surface area contributed by atoms with Gasteiger partial charge in [-0.25, -0.2) is 8.42 Å². The second-order valence-corrected chi connectivity index (χ2v) is 8.67. The number of nitro groups is 1. The lowest BCUT2D eigenvalue weighted by Gasteiger charge is -2.34. The van der Waals surface area contributed by atoms with Gasteiger partial charge in [0.15, 0.2) is 10.7 Å². The molecule has 0 atom stereocenters. The second-order valence-electron chi connectivity index (χ2n) is 6.76. The molecule has 154 valence electrons. The summed E-state index contributed by atoms with van der Waals surface area (Å²) in [6.07, 6.45) is 0. The maximum Gasteiger partial charge on any atom is 0.289 e. The Balaban J connectivity index is 1.47. The van der Waals surface area contributed by atoms with Crippen LogP contribution in [0.25, 0.3) is 11.3 Å². The predicted octanol–water partition coefficient (Wildman–Crippen LogP) is 2.56. The number of nitro benzene ring substituents is 1. The minimum atomic E-state index is -3.96. The standard InChI is InChI=1S/C20H19N5O4S/c26-25(27)18-8-4-5-9-19(18)30(28,29)24-14-12-23(13-15-24)20-11-10-17(21-22-20)16-6-2-1-3-7-16/h1-11H,12-15H2. The molecule has 2 heterocycles. The first kappa shape index (κ1) is 19.9. The van der Waals surface area contributed by atoms with Crippen LogP contribution in [-0.4, -0.2) is 54.0 Å². The summed E-state index contributed by atoms with van der Waals surface area (Å²) in [5, 5.41) is 19.8. The lowest BCUT2D eigenvalue weighted by molar-refractivity contribution is -0.387. The van der Waals surface area contributed by atoms with E-state index < -0.39 is 20.6 Å². The molecule has 10 heteroatoms. The van der Waals surface area contributed by atoms with Crippen LogP contribution in [0.5, 0.6) is 0 Å². The van der Waals surface area contributed by atoms with Crippen molar-refractivity contribution in [3.8, 4) is 11.3 Å². The van der Waals surface area contributed by atoms with E-state index in [0.29, 0.717) is 18.9 Å². The van der Waals surface area contributed by atoms with Crippen LogP contribution in [0.3, 0.4) is 0 Å². The van der Waals surface area contributed by atoms with Gasteiger partial charge in [0.05, 0.1) is 10.6 Å². The fourth-order valence-electron chi connectivity index (χ4n) is 3.38. The molecular weight excluding hydrogens is 406 g/mol. The van der Waals surface area contributed by atoms with Crippen molar-refractivity contribution >= 4 is 21.5 Å². The van der Waals surface area contributed by atoms with E-state index in [2.05, 4.69) is 10.2 Å². The van der Waals surface area contributed by atoms with Crippen molar-refractivity contribution in [3.05, 3.63) is 76.8 Å². The molecule has 0 N–H and O–H groups in total. The van der Waals surface area contributed by atoms with Gasteiger partial charge in [0.25, 0.3) is 5.69 Å². The van der Waals surface area contributed by atoms with Gasteiger partial charge in [-0.3, -0.25) is 10.1 Å². The Morgan fingerprint density at radius 3 is 2.13 bits per heavy atom. The maximum atomic E-state index is 12.9. The Morgan fingerprint density at radius 2 is 1.50 bits per heavy atom. The minimum absolute atomic E-state index is 0.205. The Morgan fingerprint density at radius 1 is 0.833 bits per heavy atom. The second kappa shape index (κ2) is 8.17. The molecule has 3 aromatic rings. The van der Waals surface area contributed by atoms with E-state index in [1.165, 1.54) is 28.6 Å². The van der Waals surface area contributed by atoms with E-state index in [1.807, 2.05) is 47.4 Å². The fourth-order valence-corrected chi connectivity index (χ4v) is 4.96. The Hall–Kier alpha value is -3.37. The van der Waals surface area contributed by atoms with E-state index in [0.717, 1.165) is 11.3 Å². The van der Waals surface area contributed by atoms with Gasteiger partial charge in [0.2, 0.25) is 10.0 Å². The molecule has 0 spiro atoms. The number of hydrogen-bond acceptors (Lipinski definition) is 7. The summed E-state index contributed by atoms with van der Waals surface area (Å²) in [5.41, 5.74) is 1.32. The quantitative estimate of drug-likeness (QED) is 0.456. The van der Waals surface area contributed by atoms with Gasteiger partial charge >= 0.3 is 0 Å². The van der Waals surface area contributed by atoms with Crippen LogP contribution in [0.15, 0.2) is 71.6 Å². The van der Waals surface area contributed by atoms with Crippen LogP contribution in [0.1, 0.15) is 0 Å². The van der Waals surface area contributed by atoms with E-state index in [4.69, 9.17) is 0 Å². The molecule has 30 heavy (non-hydrogen) atoms. The van der Waals surface area contributed by atoms with Crippen molar-refractivity contribution in [1.82, 2.24) is 14.5 Å². The molecule has 1 fully saturated rings. The lowest BCUT2D eigenvalue weighted by Crippen LogP contribution is -2.49. The molecule has 0 radical (unpaired) electrons. The maximum absolute atomic E-state index is 12.9. The van der Waals surface area contributed by atoms with Crippen LogP contribution >= 0.6 is 0 Å². The number of piperazine rings is 1. The number of benzene rings is 2. The number of para-hydroxylation sites is 1. The molecule has 0 unspecified atom stereocenters. The van der Waals surface area contributed by atoms with E-state index >= 15 is 0 Å². The van der Waals surface area contributed by atoms with E-state index in [-0.39, 0.29) is 18.0 Å². The number of nitrogens with zero attached hydrogens (tertiary/aromatic N) is 5. The van der Waals surface area contributed by atoms with Gasteiger partial charge in [0.1, 0.15) is 0 Å². The molecule has 1 saturated heterocycles. The number of sulfonamides is 1. The Bertz CT molecular complexity index is 1150. The molecule has 1 aliphatic rings. The molecule has 0 aliphatic carbocycles. The summed E-state index contributed by atoms with van der Waals surface area (Å²) in [6, 6.07) is 18.9. The predicted molar refractivity (Wildman–Crippen MR) is 112 cm³/mol. The van der Waals surface area contributed by atoms with Crippen molar-refractivity contribution in [2.45, 2.75) is 4.90 Å². The van der Waals surface area contributed by atoms with Crippen molar-refractivity contribution in [3.63, 3.8) is 0 Å². The first-order chi connectivity index (χ1) is 14.5. The molecule has 0 amide bonds. The molecule has 0 bridgehead atoms. The average Bonchev–Trinajstić information content (AvgIpc) is 2.80. The Labute approximate surface area is 173 Å². The van der Waals surface area contributed by atoms with Crippen LogP contribution in [-0.2, 0) is 10.0 Å². The van der Waals surface area contributed by atoms with E-state index in [1.54, 1.807) is 0 Å². The highest BCUT2D eigenvalue weighted by atomic mass is 32.2. The molecule has 1 aliphatic heterocycles. The number of aromatic nitrogens is 2. The van der Waals surface area contributed by atoms with Crippen molar-refractivity contribution in [2.24, 2.45) is 0 Å². The zero-order valence-corrected chi connectivity index (χ0v) is 16.8. The van der Waals surface area contributed by atoms with Crippen molar-refractivity contribution in [2.75, 3.05) is 31.1 Å². The van der Waals surface area contributed by atoms with Crippen LogP contribution in [0.2, 0.25) is 0 Å². The monoisotopic (exact) mass is 425 g/mol. The van der Waals surface area contributed by atoms with Crippen LogP contribution < -0.4 is 4.90 Å². The van der Waals surface area contributed by atoms with Crippen molar-refractivity contribution in [1.29, 1.82) is 0 Å². The third kappa shape index (κ3) is 3.87. The third-order valence-electron chi connectivity index (χ3n) is 4.96. The SMILES string of the molecule is O=[N+]([O-])c1ccccc1S(=O)(=O)N1CCN(c2ccc(-c3ccccc3)nn2)CC1. The number of anilines is 1. The highest BCUT2D eigenvalue weighted by Gasteiger charge is 2.33. The molecule has 9 nitrogen and oxygen atoms in total. The number of rotatable bonds is 5. The average molecular weight is 425 g/mol. The fraction of sp³-hybridized carbons (Fsp3) is 0.200. The normalized spacial score (nSPS) is 15.1. The summed E-state index contributed by atoms with van der Waals surface area (Å²) in [7, 11) is -3.96. The first-order valence-corrected chi connectivity index (χ1v) is 10.8. The number of hydrogen-bond donors (Lipinski definition) is 0. The van der Waals surface area contributed by atoms with Gasteiger partial charge in [-0.2, -0.15) is 4.31 Å². The zero-order chi connectivity index (χ0) is 21.1. The smallest absolute Gasteiger partial charge is 0.289 e. The first-order valence-electron chi connectivity index (χ1n) is 9.34. The summed E-state index contributed by atoms with van der Waals surface area (Å²) < 4.78 is 27.1. The molecule has 0 saturated carbocycles. The summed E-state index contributed by atoms with van der Waals surface area (Å²) in [6.45, 7) is 1.24. The van der Waals surface area contributed by atoms with Gasteiger partial charge in [-0.05, 0) is 18.2 Å². The third-order valence-corrected chi connectivity index (χ3v) is 6.91. The van der Waals surface area contributed by atoms with Gasteiger partial charge in [0, 0.05) is 37.8 Å². The zero-order valence-electron chi connectivity index (χ0n) is 16.0. The topological polar surface area (TPSA) is 110 Å². The molecule has 4 rings (SSSR count). The molecule has 2 aromatic carbocycles. The van der Waals surface area contributed by atoms with Gasteiger partial charge in [-0.15, -0.1) is 10.2 Å². The highest BCUT2D eigenvalue weighted by Crippen LogP contribution is 2.27. The lowest BCUT2D eigenvalue weighted by atomic mass is 10.1. The largest absolute Gasteiger partial charge is 0.352 e. The summed E-state index contributed by atoms with van der Waals surface area (Å²) >= 11 is 0. The summed E-state index contributed by atoms with van der Waals surface area (Å²) in [4.78, 5) is 12.2. The summed E-state index contributed by atoms with van der Waals surface area (Å²) in [5.74, 6) is 0.664.